The third-order valence-electron chi connectivity index (χ3n) is 3.04. The van der Waals surface area contributed by atoms with Crippen molar-refractivity contribution in [1.82, 2.24) is 0 Å². The molecule has 2 aromatic rings. The van der Waals surface area contributed by atoms with Crippen molar-refractivity contribution in [3.05, 3.63) is 64.8 Å². The number of hydrogen-bond acceptors (Lipinski definition) is 3. The van der Waals surface area contributed by atoms with Gasteiger partial charge in [-0.2, -0.15) is 0 Å². The van der Waals surface area contributed by atoms with Gasteiger partial charge in [0.05, 0.1) is 19.0 Å². The second-order valence-electron chi connectivity index (χ2n) is 4.47. The number of amides is 1. The number of carbonyl (C=O) groups excluding carboxylic acids is 2. The summed E-state index contributed by atoms with van der Waals surface area (Å²) in [5.41, 5.74) is -0.650. The van der Waals surface area contributed by atoms with Crippen LogP contribution in [0.5, 0.6) is 0 Å². The Labute approximate surface area is 145 Å². The van der Waals surface area contributed by atoms with Gasteiger partial charge >= 0.3 is 5.97 Å². The molecule has 0 aliphatic carbocycles. The Morgan fingerprint density at radius 1 is 1.30 bits per heavy atom. The van der Waals surface area contributed by atoms with Crippen LogP contribution >= 0.6 is 11.6 Å². The predicted octanol–water partition coefficient (Wildman–Crippen LogP) is 3.69. The van der Waals surface area contributed by atoms with E-state index in [1.54, 1.807) is 0 Å². The molecule has 6 heteroatoms. The molecule has 0 radical (unpaired) electrons. The summed E-state index contributed by atoms with van der Waals surface area (Å²) < 4.78 is 57.2. The molecule has 0 aliphatic rings. The molecule has 0 heterocycles. The molecule has 2 aromatic carbocycles. The van der Waals surface area contributed by atoms with E-state index in [1.807, 2.05) is 0 Å². The van der Waals surface area contributed by atoms with Gasteiger partial charge in [0.25, 0.3) is 5.91 Å². The largest absolute Gasteiger partial charge is 0.467 e. The van der Waals surface area contributed by atoms with Crippen LogP contribution in [0.1, 0.15) is 24.1 Å². The van der Waals surface area contributed by atoms with E-state index >= 15 is 0 Å². The zero-order valence-corrected chi connectivity index (χ0v) is 13.0. The minimum atomic E-state index is -1.25. The maximum Gasteiger partial charge on any atom is 0.328 e. The lowest BCUT2D eigenvalue weighted by atomic mass is 10.1. The number of ether oxygens (including phenoxy) is 1. The van der Waals surface area contributed by atoms with Gasteiger partial charge < -0.3 is 4.74 Å². The van der Waals surface area contributed by atoms with Crippen LogP contribution in [0.3, 0.4) is 0 Å². The lowest BCUT2D eigenvalue weighted by molar-refractivity contribution is -0.141. The summed E-state index contributed by atoms with van der Waals surface area (Å²) >= 11 is 5.77. The van der Waals surface area contributed by atoms with Gasteiger partial charge in [-0.1, -0.05) is 29.7 Å². The van der Waals surface area contributed by atoms with E-state index < -0.39 is 59.5 Å². The summed E-state index contributed by atoms with van der Waals surface area (Å²) in [7, 11) is 1.10. The smallest absolute Gasteiger partial charge is 0.328 e. The van der Waals surface area contributed by atoms with Crippen LogP contribution in [-0.4, -0.2) is 25.0 Å². The maximum atomic E-state index is 13.5. The summed E-state index contributed by atoms with van der Waals surface area (Å²) in [6.07, 6.45) is 0. The molecule has 0 bridgehead atoms. The Morgan fingerprint density at radius 2 is 1.96 bits per heavy atom. The number of carbonyl (C=O) groups is 2. The molecule has 0 N–H and O–H groups in total. The van der Waals surface area contributed by atoms with Gasteiger partial charge in [0, 0.05) is 11.3 Å². The molecule has 0 fully saturated rings. The predicted molar refractivity (Wildman–Crippen MR) is 86.1 cm³/mol. The zero-order valence-electron chi connectivity index (χ0n) is 17.2. The standard InChI is InChI=1S/C17H15ClFNO3/c1-11(17(22)23-2)20(13-8-9-15(19)14(18)10-13)16(21)12-6-4-3-5-7-12/h3-11H,1-2H3/i3D,4D,5D,6D,7D. The Kier molecular flexibility index (Phi) is 3.52. The first-order chi connectivity index (χ1) is 13.0. The Morgan fingerprint density at radius 3 is 2.52 bits per heavy atom. The van der Waals surface area contributed by atoms with Crippen molar-refractivity contribution in [2.45, 2.75) is 13.0 Å². The zero-order chi connectivity index (χ0) is 21.3. The normalized spacial score (nSPS) is 14.7. The molecule has 1 atom stereocenters. The van der Waals surface area contributed by atoms with Crippen LogP contribution in [0.2, 0.25) is 5.02 Å². The molecular formula is C17H15ClFNO3. The third-order valence-corrected chi connectivity index (χ3v) is 3.33. The lowest BCUT2D eigenvalue weighted by Gasteiger charge is -2.28. The fourth-order valence-corrected chi connectivity index (χ4v) is 2.08. The van der Waals surface area contributed by atoms with Gasteiger partial charge in [0.15, 0.2) is 0 Å². The van der Waals surface area contributed by atoms with Crippen LogP contribution in [0, 0.1) is 5.82 Å². The Balaban J connectivity index is 2.73. The number of benzene rings is 2. The van der Waals surface area contributed by atoms with Gasteiger partial charge in [-0.15, -0.1) is 0 Å². The second kappa shape index (κ2) is 7.24. The van der Waals surface area contributed by atoms with Crippen LogP contribution in [0.25, 0.3) is 0 Å². The highest BCUT2D eigenvalue weighted by Gasteiger charge is 2.29. The van der Waals surface area contributed by atoms with E-state index in [2.05, 4.69) is 4.74 Å². The average Bonchev–Trinajstić information content (AvgIpc) is 2.67. The number of methoxy groups -OCH3 is 1. The van der Waals surface area contributed by atoms with Crippen molar-refractivity contribution >= 4 is 29.2 Å². The molecule has 0 aliphatic heterocycles. The molecule has 0 saturated heterocycles. The minimum absolute atomic E-state index is 0.0129. The van der Waals surface area contributed by atoms with Gasteiger partial charge in [-0.05, 0) is 37.2 Å². The summed E-state index contributed by atoms with van der Waals surface area (Å²) in [5, 5.41) is -0.326. The molecule has 1 amide bonds. The molecule has 4 nitrogen and oxygen atoms in total. The second-order valence-corrected chi connectivity index (χ2v) is 4.88. The molecule has 1 unspecified atom stereocenters. The highest BCUT2D eigenvalue weighted by molar-refractivity contribution is 6.31. The van der Waals surface area contributed by atoms with Crippen molar-refractivity contribution in [2.24, 2.45) is 0 Å². The van der Waals surface area contributed by atoms with E-state index in [-0.39, 0.29) is 10.7 Å². The molecule has 23 heavy (non-hydrogen) atoms. The van der Waals surface area contributed by atoms with Crippen molar-refractivity contribution in [3.8, 4) is 0 Å². The first-order valence-corrected chi connectivity index (χ1v) is 6.84. The van der Waals surface area contributed by atoms with Gasteiger partial charge in [0.1, 0.15) is 11.9 Å². The summed E-state index contributed by atoms with van der Waals surface area (Å²) in [5.74, 6) is -2.65. The third kappa shape index (κ3) is 3.68. The molecule has 2 rings (SSSR count). The van der Waals surface area contributed by atoms with Crippen LogP contribution in [-0.2, 0) is 9.53 Å². The fraction of sp³-hybridized carbons (Fsp3) is 0.176. The molecule has 120 valence electrons. The van der Waals surface area contributed by atoms with Gasteiger partial charge in [-0.25, -0.2) is 9.18 Å². The van der Waals surface area contributed by atoms with Crippen LogP contribution < -0.4 is 4.90 Å². The van der Waals surface area contributed by atoms with E-state index in [1.165, 1.54) is 13.0 Å². The number of nitrogens with zero attached hydrogens (tertiary/aromatic N) is 1. The molecule has 0 saturated carbocycles. The number of esters is 1. The maximum absolute atomic E-state index is 13.5. The number of rotatable bonds is 4. The van der Waals surface area contributed by atoms with E-state index in [0.29, 0.717) is 0 Å². The lowest BCUT2D eigenvalue weighted by Crippen LogP contribution is -2.44. The van der Waals surface area contributed by atoms with Crippen LogP contribution in [0.4, 0.5) is 10.1 Å². The van der Waals surface area contributed by atoms with E-state index in [0.717, 1.165) is 24.1 Å². The quantitative estimate of drug-likeness (QED) is 0.797. The first kappa shape index (κ1) is 11.2. The number of halogens is 2. The number of hydrogen-bond donors (Lipinski definition) is 0. The Bertz CT molecular complexity index is 943. The fourth-order valence-electron chi connectivity index (χ4n) is 1.90. The first-order valence-electron chi connectivity index (χ1n) is 8.96. The highest BCUT2D eigenvalue weighted by atomic mass is 35.5. The van der Waals surface area contributed by atoms with Gasteiger partial charge in [0.2, 0.25) is 0 Å². The van der Waals surface area contributed by atoms with Crippen molar-refractivity contribution in [3.63, 3.8) is 0 Å². The summed E-state index contributed by atoms with van der Waals surface area (Å²) in [6, 6.07) is -1.54. The molecule has 0 aromatic heterocycles. The topological polar surface area (TPSA) is 46.6 Å². The minimum Gasteiger partial charge on any atom is -0.467 e. The average molecular weight is 341 g/mol. The van der Waals surface area contributed by atoms with E-state index in [4.69, 9.17) is 18.5 Å². The highest BCUT2D eigenvalue weighted by Crippen LogP contribution is 2.26. The van der Waals surface area contributed by atoms with Crippen LogP contribution in [0.15, 0.2) is 48.4 Å². The van der Waals surface area contributed by atoms with E-state index in [9.17, 15) is 14.0 Å². The number of anilines is 1. The van der Waals surface area contributed by atoms with Gasteiger partial charge in [-0.3, -0.25) is 9.69 Å². The molecule has 0 spiro atoms. The summed E-state index contributed by atoms with van der Waals surface area (Å²) in [6.45, 7) is 1.32. The van der Waals surface area contributed by atoms with Crippen molar-refractivity contribution in [2.75, 3.05) is 12.0 Å². The SMILES string of the molecule is [2H]c1c([2H])c([2H])c(C(=O)N(c2ccc(F)c(Cl)c2)C(C)C(=O)OC)c([2H])c1[2H]. The van der Waals surface area contributed by atoms with Crippen molar-refractivity contribution in [1.29, 1.82) is 0 Å². The monoisotopic (exact) mass is 340 g/mol. The summed E-state index contributed by atoms with van der Waals surface area (Å²) in [4.78, 5) is 26.1. The molecular weight excluding hydrogens is 321 g/mol. The van der Waals surface area contributed by atoms with Crippen molar-refractivity contribution < 1.29 is 25.6 Å². The Hall–Kier alpha value is -2.40.